The van der Waals surface area contributed by atoms with Gasteiger partial charge in [0.05, 0.1) is 5.69 Å². The normalized spacial score (nSPS) is 7.91. The summed E-state index contributed by atoms with van der Waals surface area (Å²) in [6, 6.07) is 0. The molecule has 0 bridgehead atoms. The number of hydrogen-bond donors (Lipinski definition) is 4. The molecule has 12 heteroatoms. The third-order valence-corrected chi connectivity index (χ3v) is 2.49. The summed E-state index contributed by atoms with van der Waals surface area (Å²) in [5.41, 5.74) is 15.9. The Balaban J connectivity index is -0.000000124. The van der Waals surface area contributed by atoms with E-state index in [1.807, 2.05) is 0 Å². The quantitative estimate of drug-likeness (QED) is 0.544. The number of nitrogens with one attached hydrogen (secondary N) is 2. The van der Waals surface area contributed by atoms with Crippen molar-refractivity contribution in [3.63, 3.8) is 0 Å². The lowest BCUT2D eigenvalue weighted by Gasteiger charge is -1.94. The minimum absolute atomic E-state index is 0. The molecule has 2 heterocycles. The van der Waals surface area contributed by atoms with E-state index in [2.05, 4.69) is 19.9 Å². The summed E-state index contributed by atoms with van der Waals surface area (Å²) >= 11 is 16.4. The van der Waals surface area contributed by atoms with Crippen LogP contribution >= 0.6 is 34.8 Å². The maximum Gasteiger partial charge on any atom is 0.166 e. The largest absolute Gasteiger partial charge is 0.412 e. The monoisotopic (exact) mass is 387 g/mol. The van der Waals surface area contributed by atoms with Gasteiger partial charge >= 0.3 is 0 Å². The van der Waals surface area contributed by atoms with Gasteiger partial charge < -0.3 is 16.3 Å². The molecule has 0 fully saturated rings. The number of nitrogens with two attached hydrogens (primary N) is 1. The van der Waals surface area contributed by atoms with E-state index in [-0.39, 0.29) is 23.8 Å². The average molecular weight is 389 g/mol. The lowest BCUT2D eigenvalue weighted by Crippen LogP contribution is -2.00. The molecule has 0 aliphatic rings. The van der Waals surface area contributed by atoms with E-state index < -0.39 is 0 Å². The Morgan fingerprint density at radius 2 is 1.26 bits per heavy atom. The number of aliphatic hydroxyl groups is 1. The first-order valence-corrected chi connectivity index (χ1v) is 6.83. The van der Waals surface area contributed by atoms with Crippen LogP contribution in [0.15, 0.2) is 24.8 Å². The van der Waals surface area contributed by atoms with Gasteiger partial charge in [-0.15, -0.1) is 0 Å². The predicted octanol–water partition coefficient (Wildman–Crippen LogP) is 2.39. The summed E-state index contributed by atoms with van der Waals surface area (Å²) in [7, 11) is 0. The molecular weight excluding hydrogens is 369 g/mol. The van der Waals surface area contributed by atoms with E-state index in [0.717, 1.165) is 0 Å². The van der Waals surface area contributed by atoms with Gasteiger partial charge in [0.25, 0.3) is 0 Å². The van der Waals surface area contributed by atoms with Gasteiger partial charge in [0.15, 0.2) is 15.5 Å². The van der Waals surface area contributed by atoms with Crippen molar-refractivity contribution in [3.05, 3.63) is 45.9 Å². The first-order valence-electron chi connectivity index (χ1n) is 5.70. The molecule has 2 aromatic rings. The van der Waals surface area contributed by atoms with Crippen LogP contribution in [0.4, 0.5) is 0 Å². The summed E-state index contributed by atoms with van der Waals surface area (Å²) in [6.07, 6.45) is 6.05. The van der Waals surface area contributed by atoms with E-state index in [1.165, 1.54) is 18.6 Å². The molecular formula is C11H20Cl3N7O2. The zero-order chi connectivity index (χ0) is 17.4. The Hall–Kier alpha value is -1.49. The highest BCUT2D eigenvalue weighted by molar-refractivity contribution is 6.40. The number of rotatable bonds is 1. The van der Waals surface area contributed by atoms with Gasteiger partial charge in [-0.3, -0.25) is 4.98 Å². The predicted molar refractivity (Wildman–Crippen MR) is 90.9 cm³/mol. The fourth-order valence-electron chi connectivity index (χ4n) is 0.791. The molecule has 0 aromatic carbocycles. The highest BCUT2D eigenvalue weighted by Gasteiger charge is 1.96. The lowest BCUT2D eigenvalue weighted by molar-refractivity contribution is 0.318. The molecule has 0 saturated carbocycles. The number of halogens is 3. The minimum atomic E-state index is 0. The van der Waals surface area contributed by atoms with Crippen LogP contribution in [0.2, 0.25) is 15.5 Å². The molecule has 0 radical (unpaired) electrons. The van der Waals surface area contributed by atoms with E-state index in [4.69, 9.17) is 56.7 Å². The molecule has 9 nitrogen and oxygen atoms in total. The van der Waals surface area contributed by atoms with Crippen LogP contribution in [-0.2, 0) is 6.54 Å². The zero-order valence-corrected chi connectivity index (χ0v) is 14.4. The van der Waals surface area contributed by atoms with Gasteiger partial charge in [-0.25, -0.2) is 26.0 Å². The van der Waals surface area contributed by atoms with Crippen molar-refractivity contribution in [1.29, 1.82) is 11.1 Å². The number of nitrogens with zero attached hydrogens (tertiary/aromatic N) is 4. The maximum absolute atomic E-state index is 7.57. The second-order valence-corrected chi connectivity index (χ2v) is 4.03. The Bertz CT molecular complexity index is 507. The standard InChI is InChI=1S/C5H6ClN3.C4H2Cl2N2.C2H6O.H2N2.H2O.H2/c6-5-4(3-7)8-1-2-9-5;5-3-4(6)8-2-1-7-3;1-2-3;1-2;;/h1-2H,3,7H2;1-2H;3H,2H2,1H3;1-2H;1H2;1H. The van der Waals surface area contributed by atoms with E-state index >= 15 is 0 Å². The van der Waals surface area contributed by atoms with Gasteiger partial charge in [-0.05, 0) is 6.92 Å². The van der Waals surface area contributed by atoms with Crippen LogP contribution in [0.1, 0.15) is 14.0 Å². The minimum Gasteiger partial charge on any atom is -0.412 e. The molecule has 0 atom stereocenters. The first kappa shape index (κ1) is 26.4. The Morgan fingerprint density at radius 3 is 1.48 bits per heavy atom. The number of hydrogen-bond acceptors (Lipinski definition) is 8. The molecule has 0 amide bonds. The van der Waals surface area contributed by atoms with Crippen LogP contribution < -0.4 is 5.73 Å². The van der Waals surface area contributed by atoms with Crippen molar-refractivity contribution in [2.75, 3.05) is 6.61 Å². The third kappa shape index (κ3) is 13.9. The summed E-state index contributed by atoms with van der Waals surface area (Å²) in [5.74, 6) is 0. The molecule has 0 saturated heterocycles. The van der Waals surface area contributed by atoms with Crippen molar-refractivity contribution < 1.29 is 12.0 Å². The van der Waals surface area contributed by atoms with Crippen molar-refractivity contribution >= 4 is 34.8 Å². The molecule has 0 aliphatic heterocycles. The lowest BCUT2D eigenvalue weighted by atomic mass is 10.5. The summed E-state index contributed by atoms with van der Waals surface area (Å²) < 4.78 is 0. The van der Waals surface area contributed by atoms with Crippen LogP contribution in [0.5, 0.6) is 0 Å². The molecule has 132 valence electrons. The van der Waals surface area contributed by atoms with Gasteiger partial charge in [0, 0.05) is 39.4 Å². The maximum atomic E-state index is 7.57. The van der Waals surface area contributed by atoms with Crippen molar-refractivity contribution in [3.8, 4) is 0 Å². The van der Waals surface area contributed by atoms with Crippen LogP contribution in [0, 0.1) is 11.1 Å². The highest BCUT2D eigenvalue weighted by atomic mass is 35.5. The van der Waals surface area contributed by atoms with Gasteiger partial charge in [0.2, 0.25) is 0 Å². The van der Waals surface area contributed by atoms with E-state index in [1.54, 1.807) is 13.1 Å². The summed E-state index contributed by atoms with van der Waals surface area (Å²) in [5, 5.41) is 8.45. The zero-order valence-electron chi connectivity index (χ0n) is 12.2. The van der Waals surface area contributed by atoms with Gasteiger partial charge in [0.1, 0.15) is 0 Å². The average Bonchev–Trinajstić information content (AvgIpc) is 2.54. The molecule has 0 spiro atoms. The second kappa shape index (κ2) is 18.6. The van der Waals surface area contributed by atoms with Gasteiger partial charge in [-0.1, -0.05) is 34.8 Å². The SMILES string of the molecule is CCO.Clc1nccnc1Cl.N=N.NCc1nccnc1Cl.O.[HH]. The van der Waals surface area contributed by atoms with Crippen LogP contribution in [-0.4, -0.2) is 37.1 Å². The number of aromatic nitrogens is 4. The van der Waals surface area contributed by atoms with Crippen molar-refractivity contribution in [1.82, 2.24) is 19.9 Å². The van der Waals surface area contributed by atoms with Crippen LogP contribution in [0.3, 0.4) is 0 Å². The summed E-state index contributed by atoms with van der Waals surface area (Å²) in [6.45, 7) is 2.27. The molecule has 0 aliphatic carbocycles. The molecule has 0 unspecified atom stereocenters. The Morgan fingerprint density at radius 1 is 0.957 bits per heavy atom. The van der Waals surface area contributed by atoms with Crippen molar-refractivity contribution in [2.24, 2.45) is 5.73 Å². The topological polar surface area (TPSA) is 177 Å². The molecule has 2 aromatic heterocycles. The van der Waals surface area contributed by atoms with E-state index in [9.17, 15) is 0 Å². The van der Waals surface area contributed by atoms with E-state index in [0.29, 0.717) is 17.4 Å². The summed E-state index contributed by atoms with van der Waals surface area (Å²) in [4.78, 5) is 14.9. The molecule has 7 N–H and O–H groups in total. The first-order chi connectivity index (χ1) is 10.6. The Kier molecular flexibility index (Phi) is 21.3. The second-order valence-electron chi connectivity index (χ2n) is 2.95. The third-order valence-electron chi connectivity index (χ3n) is 1.53. The smallest absolute Gasteiger partial charge is 0.166 e. The van der Waals surface area contributed by atoms with Gasteiger partial charge in [-0.2, -0.15) is 0 Å². The fraction of sp³-hybridized carbons (Fsp3) is 0.273. The molecule has 2 rings (SSSR count). The van der Waals surface area contributed by atoms with Crippen molar-refractivity contribution in [2.45, 2.75) is 13.5 Å². The Labute approximate surface area is 150 Å². The highest BCUT2D eigenvalue weighted by Crippen LogP contribution is 2.12. The van der Waals surface area contributed by atoms with Crippen LogP contribution in [0.25, 0.3) is 0 Å². The number of aliphatic hydroxyl groups excluding tert-OH is 1. The fourth-order valence-corrected chi connectivity index (χ4v) is 1.18. The molecule has 23 heavy (non-hydrogen) atoms.